The summed E-state index contributed by atoms with van der Waals surface area (Å²) in [5, 5.41) is -0.0255. The number of rotatable bonds is 2. The van der Waals surface area contributed by atoms with Gasteiger partial charge in [-0.15, -0.1) is 0 Å². The lowest BCUT2D eigenvalue weighted by molar-refractivity contribution is -0.133. The van der Waals surface area contributed by atoms with Crippen molar-refractivity contribution in [3.63, 3.8) is 0 Å². The normalized spacial score (nSPS) is 14.9. The smallest absolute Gasteiger partial charge is 0.199 e. The Hall–Kier alpha value is -0.310. The monoisotopic (exact) mass is 230 g/mol. The van der Waals surface area contributed by atoms with Crippen molar-refractivity contribution < 1.29 is 9.59 Å². The highest BCUT2D eigenvalue weighted by Crippen LogP contribution is 2.30. The SMILES string of the molecule is CC(C(=O)SC(C)(C)C)C(=O)C(C)(C)C. The molecule has 0 aliphatic carbocycles. The minimum Gasteiger partial charge on any atom is -0.298 e. The van der Waals surface area contributed by atoms with Crippen LogP contribution < -0.4 is 0 Å². The van der Waals surface area contributed by atoms with Gasteiger partial charge in [0.25, 0.3) is 0 Å². The molecule has 15 heavy (non-hydrogen) atoms. The van der Waals surface area contributed by atoms with E-state index < -0.39 is 11.3 Å². The molecule has 0 radical (unpaired) electrons. The van der Waals surface area contributed by atoms with Crippen LogP contribution in [0.5, 0.6) is 0 Å². The quantitative estimate of drug-likeness (QED) is 0.683. The first-order valence-corrected chi connectivity index (χ1v) is 6.04. The van der Waals surface area contributed by atoms with E-state index in [1.807, 2.05) is 41.5 Å². The molecule has 0 saturated carbocycles. The van der Waals surface area contributed by atoms with Gasteiger partial charge in [-0.25, -0.2) is 0 Å². The maximum Gasteiger partial charge on any atom is 0.199 e. The van der Waals surface area contributed by atoms with Crippen LogP contribution in [-0.2, 0) is 9.59 Å². The zero-order chi connectivity index (χ0) is 12.4. The highest BCUT2D eigenvalue weighted by Gasteiger charge is 2.33. The standard InChI is InChI=1S/C12H22O2S/c1-8(9(13)11(2,3)4)10(14)15-12(5,6)7/h8H,1-7H3. The molecule has 0 heterocycles. The molecule has 0 aromatic heterocycles. The Kier molecular flexibility index (Phi) is 4.59. The fourth-order valence-electron chi connectivity index (χ4n) is 1.15. The Labute approximate surface area is 97.2 Å². The second-order valence-electron chi connectivity index (χ2n) is 5.87. The average Bonchev–Trinajstić information content (AvgIpc) is 1.96. The molecule has 0 spiro atoms. The van der Waals surface area contributed by atoms with Gasteiger partial charge in [-0.1, -0.05) is 53.3 Å². The van der Waals surface area contributed by atoms with Crippen molar-refractivity contribution in [1.29, 1.82) is 0 Å². The highest BCUT2D eigenvalue weighted by atomic mass is 32.2. The number of carbonyl (C=O) groups is 2. The minimum absolute atomic E-state index is 0.0178. The van der Waals surface area contributed by atoms with Gasteiger partial charge in [0.2, 0.25) is 0 Å². The van der Waals surface area contributed by atoms with Crippen molar-refractivity contribution in [2.24, 2.45) is 11.3 Å². The zero-order valence-electron chi connectivity index (χ0n) is 10.8. The van der Waals surface area contributed by atoms with Crippen LogP contribution in [0.1, 0.15) is 48.5 Å². The van der Waals surface area contributed by atoms with Gasteiger partial charge in [-0.3, -0.25) is 9.59 Å². The van der Waals surface area contributed by atoms with Gasteiger partial charge in [-0.05, 0) is 6.92 Å². The third-order valence-electron chi connectivity index (χ3n) is 1.89. The van der Waals surface area contributed by atoms with Crippen molar-refractivity contribution in [2.75, 3.05) is 0 Å². The van der Waals surface area contributed by atoms with Crippen molar-refractivity contribution in [3.8, 4) is 0 Å². The number of Topliss-reactive ketones (excluding diaryl/α,β-unsaturated/α-hetero) is 1. The van der Waals surface area contributed by atoms with Crippen LogP contribution in [0.3, 0.4) is 0 Å². The second-order valence-corrected chi connectivity index (χ2v) is 7.70. The van der Waals surface area contributed by atoms with E-state index in [1.165, 1.54) is 11.8 Å². The summed E-state index contributed by atoms with van der Waals surface area (Å²) >= 11 is 1.25. The van der Waals surface area contributed by atoms with Crippen LogP contribution in [-0.4, -0.2) is 15.6 Å². The van der Waals surface area contributed by atoms with E-state index in [1.54, 1.807) is 6.92 Å². The lowest BCUT2D eigenvalue weighted by Gasteiger charge is -2.23. The molecule has 0 fully saturated rings. The van der Waals surface area contributed by atoms with E-state index in [9.17, 15) is 9.59 Å². The summed E-state index contributed by atoms with van der Waals surface area (Å²) in [6, 6.07) is 0. The van der Waals surface area contributed by atoms with Crippen LogP contribution in [0.2, 0.25) is 0 Å². The number of ketones is 1. The molecule has 0 aliphatic rings. The van der Waals surface area contributed by atoms with E-state index in [0.717, 1.165) is 0 Å². The van der Waals surface area contributed by atoms with Crippen LogP contribution in [0.15, 0.2) is 0 Å². The van der Waals surface area contributed by atoms with Gasteiger partial charge >= 0.3 is 0 Å². The highest BCUT2D eigenvalue weighted by molar-refractivity contribution is 8.14. The van der Waals surface area contributed by atoms with E-state index in [2.05, 4.69) is 0 Å². The third kappa shape index (κ3) is 5.36. The van der Waals surface area contributed by atoms with Crippen molar-refractivity contribution in [2.45, 2.75) is 53.2 Å². The lowest BCUT2D eigenvalue weighted by Crippen LogP contribution is -2.31. The van der Waals surface area contributed by atoms with Crippen molar-refractivity contribution in [3.05, 3.63) is 0 Å². The maximum atomic E-state index is 11.9. The molecule has 0 aromatic rings. The molecule has 1 unspecified atom stereocenters. The molecule has 0 N–H and O–H groups in total. The Balaban J connectivity index is 4.54. The number of hydrogen-bond acceptors (Lipinski definition) is 3. The van der Waals surface area contributed by atoms with Gasteiger partial charge < -0.3 is 0 Å². The average molecular weight is 230 g/mol. The van der Waals surface area contributed by atoms with Crippen LogP contribution in [0.25, 0.3) is 0 Å². The fourth-order valence-corrected chi connectivity index (χ4v) is 2.03. The van der Waals surface area contributed by atoms with E-state index in [4.69, 9.17) is 0 Å². The van der Waals surface area contributed by atoms with Gasteiger partial charge in [-0.2, -0.15) is 0 Å². The maximum absolute atomic E-state index is 11.9. The number of carbonyl (C=O) groups excluding carboxylic acids is 2. The van der Waals surface area contributed by atoms with Gasteiger partial charge in [0.15, 0.2) is 5.12 Å². The summed E-state index contributed by atoms with van der Waals surface area (Å²) < 4.78 is -0.122. The molecular weight excluding hydrogens is 208 g/mol. The fraction of sp³-hybridized carbons (Fsp3) is 0.833. The first-order valence-electron chi connectivity index (χ1n) is 5.22. The molecule has 0 saturated heterocycles. The molecule has 3 heteroatoms. The molecule has 0 aliphatic heterocycles. The predicted octanol–water partition coefficient (Wildman–Crippen LogP) is 3.30. The van der Waals surface area contributed by atoms with Crippen molar-refractivity contribution in [1.82, 2.24) is 0 Å². The predicted molar refractivity (Wildman–Crippen MR) is 66.0 cm³/mol. The van der Waals surface area contributed by atoms with E-state index in [0.29, 0.717) is 0 Å². The largest absolute Gasteiger partial charge is 0.298 e. The molecule has 0 aromatic carbocycles. The summed E-state index contributed by atoms with van der Waals surface area (Å²) in [5.41, 5.74) is -0.437. The Morgan fingerprint density at radius 3 is 1.67 bits per heavy atom. The summed E-state index contributed by atoms with van der Waals surface area (Å²) in [4.78, 5) is 23.6. The Bertz CT molecular complexity index is 256. The van der Waals surface area contributed by atoms with Gasteiger partial charge in [0, 0.05) is 10.2 Å². The molecule has 0 amide bonds. The second kappa shape index (κ2) is 4.69. The first kappa shape index (κ1) is 14.7. The third-order valence-corrected chi connectivity index (χ3v) is 3.06. The van der Waals surface area contributed by atoms with E-state index in [-0.39, 0.29) is 15.6 Å². The van der Waals surface area contributed by atoms with Crippen LogP contribution in [0, 0.1) is 11.3 Å². The molecular formula is C12H22O2S. The Morgan fingerprint density at radius 1 is 1.00 bits per heavy atom. The first-order chi connectivity index (χ1) is 6.45. The topological polar surface area (TPSA) is 34.1 Å². The number of thioether (sulfide) groups is 1. The molecule has 1 atom stereocenters. The van der Waals surface area contributed by atoms with Gasteiger partial charge in [0.05, 0.1) is 5.92 Å². The summed E-state index contributed by atoms with van der Waals surface area (Å²) in [6.45, 7) is 13.2. The van der Waals surface area contributed by atoms with Crippen molar-refractivity contribution >= 4 is 22.7 Å². The van der Waals surface area contributed by atoms with Crippen LogP contribution in [0.4, 0.5) is 0 Å². The lowest BCUT2D eigenvalue weighted by atomic mass is 9.84. The Morgan fingerprint density at radius 2 is 1.40 bits per heavy atom. The van der Waals surface area contributed by atoms with Crippen LogP contribution >= 0.6 is 11.8 Å². The summed E-state index contributed by atoms with van der Waals surface area (Å²) in [7, 11) is 0. The number of hydrogen-bond donors (Lipinski definition) is 0. The summed E-state index contributed by atoms with van der Waals surface area (Å²) in [5.74, 6) is -0.488. The molecule has 88 valence electrons. The zero-order valence-corrected chi connectivity index (χ0v) is 11.6. The minimum atomic E-state index is -0.505. The summed E-state index contributed by atoms with van der Waals surface area (Å²) in [6.07, 6.45) is 0. The van der Waals surface area contributed by atoms with Gasteiger partial charge in [0.1, 0.15) is 5.78 Å². The van der Waals surface area contributed by atoms with E-state index >= 15 is 0 Å². The molecule has 0 bridgehead atoms. The molecule has 2 nitrogen and oxygen atoms in total. The molecule has 0 rings (SSSR count).